The quantitative estimate of drug-likeness (QED) is 0.156. The Morgan fingerprint density at radius 1 is 1.00 bits per heavy atom. The lowest BCUT2D eigenvalue weighted by Crippen LogP contribution is -2.51. The molecule has 4 heteroatoms. The van der Waals surface area contributed by atoms with E-state index in [1.165, 1.54) is 44.9 Å². The van der Waals surface area contributed by atoms with Crippen LogP contribution < -0.4 is 0 Å². The first kappa shape index (κ1) is 34.0. The second-order valence-electron chi connectivity index (χ2n) is 17.9. The van der Waals surface area contributed by atoms with E-state index in [0.29, 0.717) is 28.9 Å². The van der Waals surface area contributed by atoms with Gasteiger partial charge in [0.15, 0.2) is 8.32 Å². The van der Waals surface area contributed by atoms with Gasteiger partial charge in [0.05, 0.1) is 5.56 Å². The number of esters is 1. The highest BCUT2D eigenvalue weighted by Gasteiger charge is 2.63. The molecule has 1 aromatic rings. The van der Waals surface area contributed by atoms with Crippen LogP contribution in [0.2, 0.25) is 18.1 Å². The molecular formula is C40H64O3Si. The fourth-order valence-electron chi connectivity index (χ4n) is 10.3. The molecular weight excluding hydrogens is 557 g/mol. The van der Waals surface area contributed by atoms with Gasteiger partial charge in [-0.25, -0.2) is 4.79 Å². The lowest BCUT2D eigenvalue weighted by molar-refractivity contribution is -0.0632. The average molecular weight is 621 g/mol. The zero-order chi connectivity index (χ0) is 32.1. The second kappa shape index (κ2) is 12.7. The summed E-state index contributed by atoms with van der Waals surface area (Å²) in [6.45, 7) is 24.7. The van der Waals surface area contributed by atoms with Crippen molar-refractivity contribution < 1.29 is 14.0 Å². The van der Waals surface area contributed by atoms with Crippen LogP contribution in [0.1, 0.15) is 130 Å². The maximum Gasteiger partial charge on any atom is 0.338 e. The van der Waals surface area contributed by atoms with Crippen molar-refractivity contribution in [1.29, 1.82) is 0 Å². The SMILES string of the molecule is CC(C)CCC[C@@H](C)[C@H]1C(O[Si](C)(C)C(C)(C)C)CC2C3CC=C4CC(OC(=O)c5ccccc5)CC[C@]4(C)C3CC[C@@]21C. The second-order valence-corrected chi connectivity index (χ2v) is 22.7. The van der Waals surface area contributed by atoms with Gasteiger partial charge in [-0.3, -0.25) is 0 Å². The fraction of sp³-hybridized carbons (Fsp3) is 0.775. The Kier molecular flexibility index (Phi) is 9.77. The van der Waals surface area contributed by atoms with Gasteiger partial charge in [0, 0.05) is 12.5 Å². The summed E-state index contributed by atoms with van der Waals surface area (Å²) in [6, 6.07) is 9.50. The molecule has 44 heavy (non-hydrogen) atoms. The molecule has 9 atom stereocenters. The Bertz CT molecular complexity index is 1180. The summed E-state index contributed by atoms with van der Waals surface area (Å²) in [5, 5.41) is 0.230. The van der Waals surface area contributed by atoms with Crippen molar-refractivity contribution >= 4 is 14.3 Å². The van der Waals surface area contributed by atoms with Crippen molar-refractivity contribution in [2.24, 2.45) is 46.3 Å². The summed E-state index contributed by atoms with van der Waals surface area (Å²) in [4.78, 5) is 12.9. The fourth-order valence-corrected chi connectivity index (χ4v) is 11.6. The number of ether oxygens (including phenoxy) is 1. The van der Waals surface area contributed by atoms with Crippen molar-refractivity contribution in [3.05, 3.63) is 47.5 Å². The molecule has 0 amide bonds. The third-order valence-corrected chi connectivity index (χ3v) is 18.2. The molecule has 4 aliphatic carbocycles. The predicted molar refractivity (Wildman–Crippen MR) is 186 cm³/mol. The largest absolute Gasteiger partial charge is 0.458 e. The highest BCUT2D eigenvalue weighted by molar-refractivity contribution is 6.74. The lowest BCUT2D eigenvalue weighted by Gasteiger charge is -2.58. The van der Waals surface area contributed by atoms with E-state index in [-0.39, 0.29) is 22.5 Å². The molecule has 0 bridgehead atoms. The molecule has 5 unspecified atom stereocenters. The van der Waals surface area contributed by atoms with Crippen molar-refractivity contribution in [2.75, 3.05) is 0 Å². The molecule has 246 valence electrons. The number of hydrogen-bond donors (Lipinski definition) is 0. The normalized spacial score (nSPS) is 36.2. The summed E-state index contributed by atoms with van der Waals surface area (Å²) >= 11 is 0. The van der Waals surface area contributed by atoms with E-state index in [1.54, 1.807) is 5.57 Å². The van der Waals surface area contributed by atoms with Gasteiger partial charge >= 0.3 is 5.97 Å². The number of carbonyl (C=O) groups excluding carboxylic acids is 1. The number of rotatable bonds is 9. The van der Waals surface area contributed by atoms with E-state index in [4.69, 9.17) is 9.16 Å². The summed E-state index contributed by atoms with van der Waals surface area (Å²) in [7, 11) is -1.89. The van der Waals surface area contributed by atoms with Crippen LogP contribution in [-0.4, -0.2) is 26.5 Å². The molecule has 1 aromatic carbocycles. The van der Waals surface area contributed by atoms with Crippen LogP contribution in [0.4, 0.5) is 0 Å². The molecule has 0 saturated heterocycles. The van der Waals surface area contributed by atoms with Gasteiger partial charge in [0.1, 0.15) is 6.10 Å². The smallest absolute Gasteiger partial charge is 0.338 e. The molecule has 0 N–H and O–H groups in total. The predicted octanol–water partition coefficient (Wildman–Crippen LogP) is 11.3. The number of carbonyl (C=O) groups is 1. The summed E-state index contributed by atoms with van der Waals surface area (Å²) in [6.07, 6.45) is 15.1. The zero-order valence-corrected chi connectivity index (χ0v) is 30.9. The van der Waals surface area contributed by atoms with E-state index in [1.807, 2.05) is 30.3 Å². The van der Waals surface area contributed by atoms with Crippen molar-refractivity contribution in [2.45, 2.75) is 150 Å². The standard InChI is InChI=1S/C40H64O3Si/c1-27(2)15-14-16-28(3)36-35(43-44(9,10)38(4,5)6)26-34-32-20-19-30-25-31(42-37(41)29-17-12-11-13-18-29)21-23-39(30,7)33(32)22-24-40(34,36)8/h11-13,17-19,27-28,31-36H,14-16,20-26H2,1-10H3/t28-,31?,32?,33?,34?,35?,36+,39+,40+/m1/s1. The van der Waals surface area contributed by atoms with Gasteiger partial charge in [-0.1, -0.05) is 105 Å². The maximum atomic E-state index is 12.9. The highest BCUT2D eigenvalue weighted by Crippen LogP contribution is 2.68. The van der Waals surface area contributed by atoms with Gasteiger partial charge in [0.2, 0.25) is 0 Å². The molecule has 3 nitrogen and oxygen atoms in total. The topological polar surface area (TPSA) is 35.5 Å². The summed E-state index contributed by atoms with van der Waals surface area (Å²) in [5.41, 5.74) is 2.82. The van der Waals surface area contributed by atoms with Crippen LogP contribution >= 0.6 is 0 Å². The third-order valence-electron chi connectivity index (χ3n) is 13.7. The Labute approximate surface area is 271 Å². The first-order chi connectivity index (χ1) is 20.6. The van der Waals surface area contributed by atoms with Crippen molar-refractivity contribution in [1.82, 2.24) is 0 Å². The molecule has 4 aliphatic rings. The minimum atomic E-state index is -1.89. The summed E-state index contributed by atoms with van der Waals surface area (Å²) in [5.74, 6) is 4.17. The molecule has 3 saturated carbocycles. The molecule has 3 fully saturated rings. The number of hydrogen-bond acceptors (Lipinski definition) is 3. The number of allylic oxidation sites excluding steroid dienone is 1. The minimum absolute atomic E-state index is 0.00245. The van der Waals surface area contributed by atoms with Gasteiger partial charge < -0.3 is 9.16 Å². The van der Waals surface area contributed by atoms with E-state index < -0.39 is 8.32 Å². The molecule has 0 aliphatic heterocycles. The van der Waals surface area contributed by atoms with E-state index >= 15 is 0 Å². The van der Waals surface area contributed by atoms with E-state index in [2.05, 4.69) is 74.6 Å². The van der Waals surface area contributed by atoms with Crippen LogP contribution in [-0.2, 0) is 9.16 Å². The van der Waals surface area contributed by atoms with Crippen LogP contribution in [0.3, 0.4) is 0 Å². The molecule has 0 aromatic heterocycles. The molecule has 0 heterocycles. The molecule has 5 rings (SSSR count). The minimum Gasteiger partial charge on any atom is -0.458 e. The van der Waals surface area contributed by atoms with Crippen LogP contribution in [0.25, 0.3) is 0 Å². The average Bonchev–Trinajstić information content (AvgIpc) is 3.24. The van der Waals surface area contributed by atoms with E-state index in [0.717, 1.165) is 42.9 Å². The zero-order valence-electron chi connectivity index (χ0n) is 29.9. The Hall–Kier alpha value is -1.39. The Morgan fingerprint density at radius 3 is 2.36 bits per heavy atom. The Morgan fingerprint density at radius 2 is 1.70 bits per heavy atom. The van der Waals surface area contributed by atoms with Crippen molar-refractivity contribution in [3.8, 4) is 0 Å². The number of fused-ring (bicyclic) bond motifs is 5. The monoisotopic (exact) mass is 620 g/mol. The highest BCUT2D eigenvalue weighted by atomic mass is 28.4. The maximum absolute atomic E-state index is 12.9. The van der Waals surface area contributed by atoms with Gasteiger partial charge in [0.25, 0.3) is 0 Å². The summed E-state index contributed by atoms with van der Waals surface area (Å²) < 4.78 is 13.5. The van der Waals surface area contributed by atoms with Crippen LogP contribution in [0, 0.1) is 46.3 Å². The first-order valence-electron chi connectivity index (χ1n) is 18.2. The van der Waals surface area contributed by atoms with Gasteiger partial charge in [-0.05, 0) is 115 Å². The van der Waals surface area contributed by atoms with Gasteiger partial charge in [-0.15, -0.1) is 0 Å². The first-order valence-corrected chi connectivity index (χ1v) is 21.1. The number of benzene rings is 1. The molecule has 0 spiro atoms. The van der Waals surface area contributed by atoms with Crippen molar-refractivity contribution in [3.63, 3.8) is 0 Å². The van der Waals surface area contributed by atoms with Gasteiger partial charge in [-0.2, -0.15) is 0 Å². The Balaban J connectivity index is 1.36. The lowest BCUT2D eigenvalue weighted by atomic mass is 9.47. The third kappa shape index (κ3) is 6.42. The van der Waals surface area contributed by atoms with E-state index in [9.17, 15) is 4.79 Å². The van der Waals surface area contributed by atoms with Crippen LogP contribution in [0.15, 0.2) is 42.0 Å². The molecule has 0 radical (unpaired) electrons. The van der Waals surface area contributed by atoms with Crippen LogP contribution in [0.5, 0.6) is 0 Å².